The minimum atomic E-state index is -0.637. The van der Waals surface area contributed by atoms with E-state index >= 15 is 0 Å². The lowest BCUT2D eigenvalue weighted by molar-refractivity contribution is -0.117. The van der Waals surface area contributed by atoms with Gasteiger partial charge in [0.25, 0.3) is 5.91 Å². The van der Waals surface area contributed by atoms with Crippen molar-refractivity contribution in [1.29, 1.82) is 5.26 Å². The Balaban J connectivity index is 1.73. The summed E-state index contributed by atoms with van der Waals surface area (Å²) in [6, 6.07) is 23.2. The molecule has 1 unspecified atom stereocenters. The van der Waals surface area contributed by atoms with Crippen LogP contribution in [0.1, 0.15) is 12.5 Å². The zero-order chi connectivity index (χ0) is 26.4. The average molecular weight is 534 g/mol. The molecule has 1 heterocycles. The molecular weight excluding hydrogens is 510 g/mol. The molecule has 1 saturated heterocycles. The molecule has 3 aromatic rings. The summed E-state index contributed by atoms with van der Waals surface area (Å²) in [5.41, 5.74) is 1.65. The Morgan fingerprint density at radius 3 is 2.57 bits per heavy atom. The van der Waals surface area contributed by atoms with Crippen LogP contribution in [0.2, 0.25) is 5.02 Å². The fourth-order valence-electron chi connectivity index (χ4n) is 3.89. The van der Waals surface area contributed by atoms with Gasteiger partial charge in [0.05, 0.1) is 24.7 Å². The molecule has 0 spiro atoms. The lowest BCUT2D eigenvalue weighted by atomic mass is 10.1. The first-order valence-corrected chi connectivity index (χ1v) is 12.8. The van der Waals surface area contributed by atoms with Gasteiger partial charge in [-0.2, -0.15) is 5.26 Å². The third kappa shape index (κ3) is 5.91. The SMILES string of the molecule is CCOc1ccc(N2C(=O)C(Cc3cccc(Cl)c3)S/C2=C(/C#N)C(=O)Nc2ccccc2OC)cc1. The molecule has 0 radical (unpaired) electrons. The number of nitriles is 1. The van der Waals surface area contributed by atoms with E-state index in [1.165, 1.54) is 23.8 Å². The zero-order valence-corrected chi connectivity index (χ0v) is 21.8. The molecule has 0 aliphatic carbocycles. The molecule has 1 aliphatic heterocycles. The molecule has 9 heteroatoms. The third-order valence-electron chi connectivity index (χ3n) is 5.58. The number of anilines is 2. The Kier molecular flexibility index (Phi) is 8.39. The van der Waals surface area contributed by atoms with Gasteiger partial charge in [-0.15, -0.1) is 0 Å². The third-order valence-corrected chi connectivity index (χ3v) is 7.07. The van der Waals surface area contributed by atoms with Gasteiger partial charge in [-0.05, 0) is 67.4 Å². The van der Waals surface area contributed by atoms with Gasteiger partial charge in [0.15, 0.2) is 0 Å². The molecule has 1 N–H and O–H groups in total. The van der Waals surface area contributed by atoms with Crippen LogP contribution in [-0.4, -0.2) is 30.8 Å². The predicted octanol–water partition coefficient (Wildman–Crippen LogP) is 5.81. The van der Waals surface area contributed by atoms with E-state index in [-0.39, 0.29) is 16.5 Å². The van der Waals surface area contributed by atoms with Gasteiger partial charge in [0.1, 0.15) is 28.2 Å². The number of carbonyl (C=O) groups excluding carboxylic acids is 2. The van der Waals surface area contributed by atoms with E-state index in [0.29, 0.717) is 40.9 Å². The number of para-hydroxylation sites is 2. The van der Waals surface area contributed by atoms with Crippen molar-refractivity contribution < 1.29 is 19.1 Å². The van der Waals surface area contributed by atoms with Crippen molar-refractivity contribution in [3.05, 3.63) is 94.0 Å². The van der Waals surface area contributed by atoms with Crippen molar-refractivity contribution in [3.8, 4) is 17.6 Å². The second kappa shape index (κ2) is 11.9. The minimum absolute atomic E-state index is 0.174. The van der Waals surface area contributed by atoms with Crippen LogP contribution in [0.15, 0.2) is 83.4 Å². The lowest BCUT2D eigenvalue weighted by Crippen LogP contribution is -2.30. The molecule has 3 aromatic carbocycles. The van der Waals surface area contributed by atoms with E-state index in [1.807, 2.05) is 25.1 Å². The molecular formula is C28H24ClN3O4S. The summed E-state index contributed by atoms with van der Waals surface area (Å²) < 4.78 is 10.8. The number of halogens is 1. The van der Waals surface area contributed by atoms with Gasteiger partial charge in [-0.1, -0.05) is 47.6 Å². The number of benzene rings is 3. The van der Waals surface area contributed by atoms with E-state index in [2.05, 4.69) is 5.32 Å². The average Bonchev–Trinajstić information content (AvgIpc) is 3.20. The maximum atomic E-state index is 13.7. The van der Waals surface area contributed by atoms with Crippen molar-refractivity contribution in [1.82, 2.24) is 0 Å². The molecule has 1 fully saturated rings. The number of methoxy groups -OCH3 is 1. The quantitative estimate of drug-likeness (QED) is 0.290. The number of thioether (sulfide) groups is 1. The van der Waals surface area contributed by atoms with Crippen molar-refractivity contribution in [2.24, 2.45) is 0 Å². The number of carbonyl (C=O) groups is 2. The first-order valence-electron chi connectivity index (χ1n) is 11.5. The minimum Gasteiger partial charge on any atom is -0.495 e. The molecule has 7 nitrogen and oxygen atoms in total. The number of hydrogen-bond acceptors (Lipinski definition) is 6. The Morgan fingerprint density at radius 1 is 1.14 bits per heavy atom. The number of amides is 2. The van der Waals surface area contributed by atoms with Crippen LogP contribution in [0.4, 0.5) is 11.4 Å². The fraction of sp³-hybridized carbons (Fsp3) is 0.179. The predicted molar refractivity (Wildman–Crippen MR) is 146 cm³/mol. The van der Waals surface area contributed by atoms with Crippen molar-refractivity contribution >= 4 is 46.6 Å². The summed E-state index contributed by atoms with van der Waals surface area (Å²) in [6.07, 6.45) is 0.383. The van der Waals surface area contributed by atoms with Crippen molar-refractivity contribution in [2.75, 3.05) is 23.9 Å². The number of nitrogens with zero attached hydrogens (tertiary/aromatic N) is 2. The second-order valence-electron chi connectivity index (χ2n) is 7.99. The van der Waals surface area contributed by atoms with E-state index in [0.717, 1.165) is 5.56 Å². The van der Waals surface area contributed by atoms with Gasteiger partial charge in [0.2, 0.25) is 5.91 Å². The summed E-state index contributed by atoms with van der Waals surface area (Å²) in [4.78, 5) is 28.4. The first kappa shape index (κ1) is 26.1. The van der Waals surface area contributed by atoms with Crippen LogP contribution in [0, 0.1) is 11.3 Å². The summed E-state index contributed by atoms with van der Waals surface area (Å²) >= 11 is 7.33. The first-order chi connectivity index (χ1) is 17.9. The smallest absolute Gasteiger partial charge is 0.269 e. The maximum Gasteiger partial charge on any atom is 0.269 e. The summed E-state index contributed by atoms with van der Waals surface area (Å²) in [6.45, 7) is 2.39. The highest BCUT2D eigenvalue weighted by Gasteiger charge is 2.41. The topological polar surface area (TPSA) is 91.7 Å². The standard InChI is InChI=1S/C28H24ClN3O4S/c1-3-36-21-13-11-20(12-14-21)32-27(34)25(16-18-7-6-8-19(29)15-18)37-28(32)22(17-30)26(33)31-23-9-4-5-10-24(23)35-2/h4-15,25H,3,16H2,1-2H3,(H,31,33)/b28-22-. The molecule has 1 aliphatic rings. The van der Waals surface area contributed by atoms with Crippen LogP contribution >= 0.6 is 23.4 Å². The van der Waals surface area contributed by atoms with Gasteiger partial charge < -0.3 is 14.8 Å². The monoisotopic (exact) mass is 533 g/mol. The normalized spacial score (nSPS) is 16.2. The Morgan fingerprint density at radius 2 is 1.89 bits per heavy atom. The van der Waals surface area contributed by atoms with Crippen molar-refractivity contribution in [3.63, 3.8) is 0 Å². The molecule has 2 amide bonds. The Labute approximate surface area is 224 Å². The van der Waals surface area contributed by atoms with E-state index in [1.54, 1.807) is 60.7 Å². The van der Waals surface area contributed by atoms with E-state index in [4.69, 9.17) is 21.1 Å². The van der Waals surface area contributed by atoms with Gasteiger partial charge in [0, 0.05) is 10.7 Å². The second-order valence-corrected chi connectivity index (χ2v) is 9.62. The van der Waals surface area contributed by atoms with Gasteiger partial charge in [-0.25, -0.2) is 0 Å². The van der Waals surface area contributed by atoms with Gasteiger partial charge in [-0.3, -0.25) is 14.5 Å². The molecule has 0 saturated carbocycles. The molecule has 0 bridgehead atoms. The summed E-state index contributed by atoms with van der Waals surface area (Å²) in [5, 5.41) is 13.1. The van der Waals surface area contributed by atoms with Crippen LogP contribution in [0.5, 0.6) is 11.5 Å². The van der Waals surface area contributed by atoms with E-state index < -0.39 is 11.2 Å². The number of rotatable bonds is 8. The van der Waals surface area contributed by atoms with Crippen LogP contribution in [0.3, 0.4) is 0 Å². The van der Waals surface area contributed by atoms with E-state index in [9.17, 15) is 14.9 Å². The molecule has 188 valence electrons. The van der Waals surface area contributed by atoms with Crippen LogP contribution < -0.4 is 19.7 Å². The Hall–Kier alpha value is -3.93. The maximum absolute atomic E-state index is 13.7. The van der Waals surface area contributed by atoms with Crippen molar-refractivity contribution in [2.45, 2.75) is 18.6 Å². The van der Waals surface area contributed by atoms with Crippen LogP contribution in [-0.2, 0) is 16.0 Å². The highest BCUT2D eigenvalue weighted by Crippen LogP contribution is 2.42. The largest absolute Gasteiger partial charge is 0.495 e. The zero-order valence-electron chi connectivity index (χ0n) is 20.2. The Bertz CT molecular complexity index is 1380. The van der Waals surface area contributed by atoms with Gasteiger partial charge >= 0.3 is 0 Å². The lowest BCUT2D eigenvalue weighted by Gasteiger charge is -2.19. The number of nitrogens with one attached hydrogen (secondary N) is 1. The number of ether oxygens (including phenoxy) is 2. The highest BCUT2D eigenvalue weighted by molar-refractivity contribution is 8.05. The summed E-state index contributed by atoms with van der Waals surface area (Å²) in [5.74, 6) is 0.236. The fourth-order valence-corrected chi connectivity index (χ4v) is 5.41. The number of hydrogen-bond donors (Lipinski definition) is 1. The molecule has 37 heavy (non-hydrogen) atoms. The molecule has 1 atom stereocenters. The summed E-state index contributed by atoms with van der Waals surface area (Å²) in [7, 11) is 1.49. The molecule has 0 aromatic heterocycles. The molecule has 4 rings (SSSR count). The van der Waals surface area contributed by atoms with Crippen LogP contribution in [0.25, 0.3) is 0 Å². The highest BCUT2D eigenvalue weighted by atomic mass is 35.5.